The van der Waals surface area contributed by atoms with Crippen LogP contribution in [0.5, 0.6) is 0 Å². The van der Waals surface area contributed by atoms with E-state index in [0.717, 1.165) is 0 Å². The van der Waals surface area contributed by atoms with E-state index >= 15 is 0 Å². The van der Waals surface area contributed by atoms with Gasteiger partial charge in [0.2, 0.25) is 0 Å². The molecule has 15 heavy (non-hydrogen) atoms. The molecule has 1 aromatic rings. The van der Waals surface area contributed by atoms with Gasteiger partial charge in [0, 0.05) is 14.6 Å². The Labute approximate surface area is 100 Å². The maximum Gasteiger partial charge on any atom is 0.471 e. The number of halogens is 5. The monoisotopic (exact) mass is 345 g/mol. The molecule has 0 aromatic heterocycles. The fraction of sp³-hybridized carbons (Fsp3) is 0.125. The van der Waals surface area contributed by atoms with Gasteiger partial charge < -0.3 is 5.32 Å². The molecule has 0 fully saturated rings. The van der Waals surface area contributed by atoms with Crippen LogP contribution in [0.1, 0.15) is 0 Å². The Morgan fingerprint density at radius 2 is 1.80 bits per heavy atom. The number of hydrogen-bond donors (Lipinski definition) is 1. The van der Waals surface area contributed by atoms with Gasteiger partial charge in [-0.05, 0) is 50.1 Å². The molecule has 0 saturated heterocycles. The third-order valence-corrected chi connectivity index (χ3v) is 3.31. The van der Waals surface area contributed by atoms with Gasteiger partial charge >= 0.3 is 12.1 Å². The maximum absolute atomic E-state index is 11.9. The lowest BCUT2D eigenvalue weighted by atomic mass is 10.3. The van der Waals surface area contributed by atoms with E-state index in [9.17, 15) is 18.0 Å². The highest BCUT2D eigenvalue weighted by Crippen LogP contribution is 2.27. The van der Waals surface area contributed by atoms with Crippen LogP contribution in [-0.2, 0) is 4.79 Å². The third kappa shape index (κ3) is 3.49. The van der Waals surface area contributed by atoms with Gasteiger partial charge in [-0.25, -0.2) is 0 Å². The van der Waals surface area contributed by atoms with Crippen molar-refractivity contribution >= 4 is 43.5 Å². The molecule has 1 N–H and O–H groups in total. The summed E-state index contributed by atoms with van der Waals surface area (Å²) in [7, 11) is 0. The first-order valence-corrected chi connectivity index (χ1v) is 5.22. The van der Waals surface area contributed by atoms with Crippen molar-refractivity contribution in [2.45, 2.75) is 6.18 Å². The van der Waals surface area contributed by atoms with Crippen molar-refractivity contribution in [3.63, 3.8) is 0 Å². The van der Waals surface area contributed by atoms with Gasteiger partial charge in [-0.15, -0.1) is 0 Å². The van der Waals surface area contributed by atoms with Gasteiger partial charge in [0.15, 0.2) is 0 Å². The van der Waals surface area contributed by atoms with Crippen molar-refractivity contribution < 1.29 is 18.0 Å². The Morgan fingerprint density at radius 1 is 1.20 bits per heavy atom. The number of nitrogens with one attached hydrogen (secondary N) is 1. The molecule has 1 aromatic carbocycles. The second kappa shape index (κ2) is 4.52. The van der Waals surface area contributed by atoms with Crippen LogP contribution >= 0.6 is 31.9 Å². The van der Waals surface area contributed by atoms with Crippen molar-refractivity contribution in [1.82, 2.24) is 0 Å². The van der Waals surface area contributed by atoms with Crippen molar-refractivity contribution in [1.29, 1.82) is 0 Å². The minimum absolute atomic E-state index is 0.0763. The van der Waals surface area contributed by atoms with Gasteiger partial charge in [-0.1, -0.05) is 0 Å². The Hall–Kier alpha value is -0.560. The number of rotatable bonds is 1. The Kier molecular flexibility index (Phi) is 3.77. The second-order valence-corrected chi connectivity index (χ2v) is 4.29. The zero-order valence-corrected chi connectivity index (χ0v) is 10.2. The van der Waals surface area contributed by atoms with Gasteiger partial charge in [-0.2, -0.15) is 13.2 Å². The second-order valence-electron chi connectivity index (χ2n) is 2.58. The van der Waals surface area contributed by atoms with Crippen molar-refractivity contribution in [2.24, 2.45) is 0 Å². The molecule has 0 saturated carbocycles. The first-order valence-electron chi connectivity index (χ1n) is 3.64. The summed E-state index contributed by atoms with van der Waals surface area (Å²) < 4.78 is 36.9. The molecule has 0 aliphatic carbocycles. The normalized spacial score (nSPS) is 11.3. The summed E-state index contributed by atoms with van der Waals surface area (Å²) in [6.45, 7) is 0. The summed E-state index contributed by atoms with van der Waals surface area (Å²) in [5.41, 5.74) is 0.0763. The molecule has 0 aliphatic rings. The molecule has 0 aliphatic heterocycles. The van der Waals surface area contributed by atoms with Gasteiger partial charge in [0.1, 0.15) is 0 Å². The lowest BCUT2D eigenvalue weighted by Gasteiger charge is -2.08. The predicted octanol–water partition coefficient (Wildman–Crippen LogP) is 3.71. The summed E-state index contributed by atoms with van der Waals surface area (Å²) >= 11 is 6.26. The van der Waals surface area contributed by atoms with E-state index in [4.69, 9.17) is 0 Å². The SMILES string of the molecule is O=C(Nc1ccc(Br)c(Br)c1)C(F)(F)F. The van der Waals surface area contributed by atoms with E-state index in [-0.39, 0.29) is 5.69 Å². The van der Waals surface area contributed by atoms with Crippen LogP contribution in [0.2, 0.25) is 0 Å². The van der Waals surface area contributed by atoms with Crippen LogP contribution < -0.4 is 5.32 Å². The Bertz CT molecular complexity index is 392. The van der Waals surface area contributed by atoms with Crippen LogP contribution in [0.25, 0.3) is 0 Å². The van der Waals surface area contributed by atoms with E-state index in [1.165, 1.54) is 18.2 Å². The van der Waals surface area contributed by atoms with Crippen molar-refractivity contribution in [3.8, 4) is 0 Å². The molecule has 7 heteroatoms. The number of amides is 1. The molecule has 1 rings (SSSR count). The zero-order valence-electron chi connectivity index (χ0n) is 7.03. The van der Waals surface area contributed by atoms with Gasteiger partial charge in [0.25, 0.3) is 0 Å². The van der Waals surface area contributed by atoms with E-state index in [0.29, 0.717) is 8.95 Å². The van der Waals surface area contributed by atoms with E-state index < -0.39 is 12.1 Å². The minimum atomic E-state index is -4.88. The Morgan fingerprint density at radius 3 is 2.27 bits per heavy atom. The van der Waals surface area contributed by atoms with E-state index in [1.54, 1.807) is 5.32 Å². The standard InChI is InChI=1S/C8H4Br2F3NO/c9-5-2-1-4(3-6(5)10)14-7(15)8(11,12)13/h1-3H,(H,14,15). The number of alkyl halides is 3. The highest BCUT2D eigenvalue weighted by Gasteiger charge is 2.38. The van der Waals surface area contributed by atoms with Crippen LogP contribution in [0.4, 0.5) is 18.9 Å². The molecular weight excluding hydrogens is 343 g/mol. The molecule has 0 radical (unpaired) electrons. The number of carbonyl (C=O) groups is 1. The fourth-order valence-electron chi connectivity index (χ4n) is 0.776. The quantitative estimate of drug-likeness (QED) is 0.825. The Balaban J connectivity index is 2.83. The predicted molar refractivity (Wildman–Crippen MR) is 56.5 cm³/mol. The molecular formula is C8H4Br2F3NO. The number of carbonyl (C=O) groups excluding carboxylic acids is 1. The lowest BCUT2D eigenvalue weighted by Crippen LogP contribution is -2.29. The van der Waals surface area contributed by atoms with Crippen molar-refractivity contribution in [3.05, 3.63) is 27.1 Å². The largest absolute Gasteiger partial charge is 0.471 e. The number of anilines is 1. The molecule has 0 spiro atoms. The number of hydrogen-bond acceptors (Lipinski definition) is 1. The lowest BCUT2D eigenvalue weighted by molar-refractivity contribution is -0.167. The van der Waals surface area contributed by atoms with Crippen LogP contribution in [-0.4, -0.2) is 12.1 Å². The smallest absolute Gasteiger partial charge is 0.318 e. The molecule has 82 valence electrons. The maximum atomic E-state index is 11.9. The summed E-state index contributed by atoms with van der Waals surface area (Å²) in [5, 5.41) is 1.74. The molecule has 0 heterocycles. The topological polar surface area (TPSA) is 29.1 Å². The summed E-state index contributed by atoms with van der Waals surface area (Å²) in [4.78, 5) is 10.6. The summed E-state index contributed by atoms with van der Waals surface area (Å²) in [6.07, 6.45) is -4.88. The molecule has 0 bridgehead atoms. The highest BCUT2D eigenvalue weighted by atomic mass is 79.9. The first-order chi connectivity index (χ1) is 6.80. The van der Waals surface area contributed by atoms with Gasteiger partial charge in [-0.3, -0.25) is 4.79 Å². The molecule has 1 amide bonds. The third-order valence-electron chi connectivity index (χ3n) is 1.43. The first kappa shape index (κ1) is 12.5. The highest BCUT2D eigenvalue weighted by molar-refractivity contribution is 9.13. The molecule has 0 atom stereocenters. The van der Waals surface area contributed by atoms with Crippen LogP contribution in [0.3, 0.4) is 0 Å². The molecule has 2 nitrogen and oxygen atoms in total. The number of benzene rings is 1. The summed E-state index contributed by atoms with van der Waals surface area (Å²) in [5.74, 6) is -1.99. The van der Waals surface area contributed by atoms with Crippen LogP contribution in [0, 0.1) is 0 Å². The molecule has 0 unspecified atom stereocenters. The minimum Gasteiger partial charge on any atom is -0.318 e. The fourth-order valence-corrected chi connectivity index (χ4v) is 1.40. The average molecular weight is 347 g/mol. The van der Waals surface area contributed by atoms with Crippen molar-refractivity contribution in [2.75, 3.05) is 5.32 Å². The van der Waals surface area contributed by atoms with E-state index in [1.807, 2.05) is 0 Å². The zero-order chi connectivity index (χ0) is 11.6. The summed E-state index contributed by atoms with van der Waals surface area (Å²) in [6, 6.07) is 4.25. The van der Waals surface area contributed by atoms with Gasteiger partial charge in [0.05, 0.1) is 0 Å². The average Bonchev–Trinajstić information content (AvgIpc) is 2.10. The van der Waals surface area contributed by atoms with E-state index in [2.05, 4.69) is 31.9 Å². The van der Waals surface area contributed by atoms with Crippen LogP contribution in [0.15, 0.2) is 27.1 Å².